The topological polar surface area (TPSA) is 40.6 Å². The third-order valence-corrected chi connectivity index (χ3v) is 4.04. The van der Waals surface area contributed by atoms with Crippen molar-refractivity contribution < 1.29 is 9.59 Å². The highest BCUT2D eigenvalue weighted by molar-refractivity contribution is 5.95. The standard InChI is InChI=1S/C17H24N2O2/c1-13(20)12-16-6-4-5-11-19(16)17(21)14-7-9-15(10-8-14)18(2)3/h7-10,16H,4-6,11-12H2,1-3H3. The summed E-state index contributed by atoms with van der Waals surface area (Å²) in [7, 11) is 3.95. The molecule has 1 aromatic carbocycles. The number of benzene rings is 1. The molecule has 1 unspecified atom stereocenters. The molecular weight excluding hydrogens is 264 g/mol. The van der Waals surface area contributed by atoms with Crippen molar-refractivity contribution in [2.45, 2.75) is 38.6 Å². The number of Topliss-reactive ketones (excluding diaryl/α,β-unsaturated/α-hetero) is 1. The van der Waals surface area contributed by atoms with E-state index in [9.17, 15) is 9.59 Å². The van der Waals surface area contributed by atoms with Crippen molar-refractivity contribution in [3.8, 4) is 0 Å². The van der Waals surface area contributed by atoms with Gasteiger partial charge < -0.3 is 9.80 Å². The number of likely N-dealkylation sites (tertiary alicyclic amines) is 1. The van der Waals surface area contributed by atoms with Gasteiger partial charge in [-0.2, -0.15) is 0 Å². The van der Waals surface area contributed by atoms with Crippen LogP contribution in [-0.2, 0) is 4.79 Å². The molecule has 4 nitrogen and oxygen atoms in total. The fourth-order valence-corrected chi connectivity index (χ4v) is 2.88. The minimum Gasteiger partial charge on any atom is -0.378 e. The first-order chi connectivity index (χ1) is 9.99. The molecule has 1 aliphatic heterocycles. The molecule has 0 aliphatic carbocycles. The van der Waals surface area contributed by atoms with Gasteiger partial charge in [-0.05, 0) is 50.5 Å². The maximum absolute atomic E-state index is 12.7. The molecule has 0 bridgehead atoms. The first kappa shape index (κ1) is 15.5. The van der Waals surface area contributed by atoms with Gasteiger partial charge in [0, 0.05) is 44.4 Å². The second-order valence-corrected chi connectivity index (χ2v) is 6.00. The number of amides is 1. The highest BCUT2D eigenvalue weighted by Crippen LogP contribution is 2.23. The number of piperidine rings is 1. The first-order valence-electron chi connectivity index (χ1n) is 7.57. The van der Waals surface area contributed by atoms with E-state index in [1.807, 2.05) is 48.2 Å². The molecule has 0 saturated carbocycles. The van der Waals surface area contributed by atoms with Gasteiger partial charge in [0.05, 0.1) is 0 Å². The Morgan fingerprint density at radius 2 is 1.86 bits per heavy atom. The largest absolute Gasteiger partial charge is 0.378 e. The number of hydrogen-bond acceptors (Lipinski definition) is 3. The lowest BCUT2D eigenvalue weighted by molar-refractivity contribution is -0.118. The molecule has 2 rings (SSSR count). The summed E-state index contributed by atoms with van der Waals surface area (Å²) < 4.78 is 0. The molecule has 114 valence electrons. The molecule has 1 aromatic rings. The van der Waals surface area contributed by atoms with Crippen LogP contribution in [0.5, 0.6) is 0 Å². The molecule has 0 aromatic heterocycles. The number of anilines is 1. The van der Waals surface area contributed by atoms with E-state index in [2.05, 4.69) is 0 Å². The molecule has 1 saturated heterocycles. The maximum atomic E-state index is 12.7. The minimum absolute atomic E-state index is 0.0475. The third-order valence-electron chi connectivity index (χ3n) is 4.04. The number of carbonyl (C=O) groups excluding carboxylic acids is 2. The van der Waals surface area contributed by atoms with E-state index < -0.39 is 0 Å². The fourth-order valence-electron chi connectivity index (χ4n) is 2.88. The van der Waals surface area contributed by atoms with Crippen LogP contribution in [0.1, 0.15) is 43.0 Å². The molecule has 21 heavy (non-hydrogen) atoms. The second-order valence-electron chi connectivity index (χ2n) is 6.00. The molecular formula is C17H24N2O2. The number of nitrogens with zero attached hydrogens (tertiary/aromatic N) is 2. The summed E-state index contributed by atoms with van der Waals surface area (Å²) in [6, 6.07) is 7.72. The Balaban J connectivity index is 2.14. The minimum atomic E-state index is 0.0475. The van der Waals surface area contributed by atoms with Gasteiger partial charge in [0.2, 0.25) is 0 Å². The van der Waals surface area contributed by atoms with Crippen LogP contribution in [0, 0.1) is 0 Å². The van der Waals surface area contributed by atoms with Crippen LogP contribution >= 0.6 is 0 Å². The van der Waals surface area contributed by atoms with Crippen molar-refractivity contribution in [3.05, 3.63) is 29.8 Å². The molecule has 4 heteroatoms. The molecule has 0 N–H and O–H groups in total. The van der Waals surface area contributed by atoms with Gasteiger partial charge in [0.15, 0.2) is 0 Å². The monoisotopic (exact) mass is 288 g/mol. The number of carbonyl (C=O) groups is 2. The summed E-state index contributed by atoms with van der Waals surface area (Å²) in [6.45, 7) is 2.36. The Kier molecular flexibility index (Phi) is 4.99. The zero-order valence-corrected chi connectivity index (χ0v) is 13.1. The Labute approximate surface area is 126 Å². The smallest absolute Gasteiger partial charge is 0.254 e. The van der Waals surface area contributed by atoms with Crippen LogP contribution in [0.15, 0.2) is 24.3 Å². The van der Waals surface area contributed by atoms with Crippen LogP contribution in [-0.4, -0.2) is 43.3 Å². The summed E-state index contributed by atoms with van der Waals surface area (Å²) >= 11 is 0. The van der Waals surface area contributed by atoms with Gasteiger partial charge in [-0.3, -0.25) is 9.59 Å². The quantitative estimate of drug-likeness (QED) is 0.855. The van der Waals surface area contributed by atoms with E-state index >= 15 is 0 Å². The number of ketones is 1. The lowest BCUT2D eigenvalue weighted by atomic mass is 9.96. The van der Waals surface area contributed by atoms with Gasteiger partial charge in [-0.25, -0.2) is 0 Å². The van der Waals surface area contributed by atoms with Gasteiger partial charge in [-0.1, -0.05) is 0 Å². The molecule has 1 heterocycles. The Morgan fingerprint density at radius 3 is 2.43 bits per heavy atom. The van der Waals surface area contributed by atoms with E-state index in [1.54, 1.807) is 6.92 Å². The highest BCUT2D eigenvalue weighted by Gasteiger charge is 2.28. The average molecular weight is 288 g/mol. The van der Waals surface area contributed by atoms with Crippen molar-refractivity contribution in [2.75, 3.05) is 25.5 Å². The SMILES string of the molecule is CC(=O)CC1CCCCN1C(=O)c1ccc(N(C)C)cc1. The van der Waals surface area contributed by atoms with E-state index in [1.165, 1.54) is 0 Å². The van der Waals surface area contributed by atoms with E-state index in [0.717, 1.165) is 31.5 Å². The zero-order valence-electron chi connectivity index (χ0n) is 13.1. The fraction of sp³-hybridized carbons (Fsp3) is 0.529. The van der Waals surface area contributed by atoms with E-state index in [4.69, 9.17) is 0 Å². The van der Waals surface area contributed by atoms with Crippen molar-refractivity contribution in [2.24, 2.45) is 0 Å². The normalized spacial score (nSPS) is 18.4. The summed E-state index contributed by atoms with van der Waals surface area (Å²) in [6.07, 6.45) is 3.53. The van der Waals surface area contributed by atoms with Crippen LogP contribution < -0.4 is 4.90 Å². The molecule has 0 radical (unpaired) electrons. The lowest BCUT2D eigenvalue weighted by Gasteiger charge is -2.35. The summed E-state index contributed by atoms with van der Waals surface area (Å²) in [5.74, 6) is 0.203. The summed E-state index contributed by atoms with van der Waals surface area (Å²) in [4.78, 5) is 28.0. The average Bonchev–Trinajstić information content (AvgIpc) is 2.46. The van der Waals surface area contributed by atoms with Crippen molar-refractivity contribution >= 4 is 17.4 Å². The Morgan fingerprint density at radius 1 is 1.19 bits per heavy atom. The molecule has 0 spiro atoms. The van der Waals surface area contributed by atoms with Gasteiger partial charge in [-0.15, -0.1) is 0 Å². The predicted molar refractivity (Wildman–Crippen MR) is 84.7 cm³/mol. The highest BCUT2D eigenvalue weighted by atomic mass is 16.2. The van der Waals surface area contributed by atoms with E-state index in [0.29, 0.717) is 12.0 Å². The van der Waals surface area contributed by atoms with Crippen LogP contribution in [0.2, 0.25) is 0 Å². The van der Waals surface area contributed by atoms with Gasteiger partial charge in [0.1, 0.15) is 5.78 Å². The van der Waals surface area contributed by atoms with Crippen LogP contribution in [0.25, 0.3) is 0 Å². The third kappa shape index (κ3) is 3.84. The summed E-state index contributed by atoms with van der Waals surface area (Å²) in [5.41, 5.74) is 1.78. The van der Waals surface area contributed by atoms with Crippen molar-refractivity contribution in [1.29, 1.82) is 0 Å². The number of rotatable bonds is 4. The Bertz CT molecular complexity index is 508. The Hall–Kier alpha value is -1.84. The maximum Gasteiger partial charge on any atom is 0.254 e. The van der Waals surface area contributed by atoms with E-state index in [-0.39, 0.29) is 17.7 Å². The van der Waals surface area contributed by atoms with Crippen molar-refractivity contribution in [3.63, 3.8) is 0 Å². The molecule has 1 fully saturated rings. The van der Waals surface area contributed by atoms with Gasteiger partial charge in [0.25, 0.3) is 5.91 Å². The molecule has 1 amide bonds. The number of hydrogen-bond donors (Lipinski definition) is 0. The molecule has 1 aliphatic rings. The first-order valence-corrected chi connectivity index (χ1v) is 7.57. The predicted octanol–water partition coefficient (Wildman–Crippen LogP) is 2.73. The lowest BCUT2D eigenvalue weighted by Crippen LogP contribution is -2.44. The second kappa shape index (κ2) is 6.74. The summed E-state index contributed by atoms with van der Waals surface area (Å²) in [5, 5.41) is 0. The van der Waals surface area contributed by atoms with Crippen LogP contribution in [0.3, 0.4) is 0 Å². The van der Waals surface area contributed by atoms with Crippen molar-refractivity contribution in [1.82, 2.24) is 4.90 Å². The molecule has 1 atom stereocenters. The van der Waals surface area contributed by atoms with Gasteiger partial charge >= 0.3 is 0 Å². The van der Waals surface area contributed by atoms with Crippen LogP contribution in [0.4, 0.5) is 5.69 Å². The zero-order chi connectivity index (χ0) is 15.4.